The van der Waals surface area contributed by atoms with E-state index in [2.05, 4.69) is 20.7 Å². The third-order valence-corrected chi connectivity index (χ3v) is 4.52. The summed E-state index contributed by atoms with van der Waals surface area (Å²) < 4.78 is 5.14. The average Bonchev–Trinajstić information content (AvgIpc) is 3.26. The highest BCUT2D eigenvalue weighted by atomic mass is 16.5. The number of fused-ring (bicyclic) bond motifs is 1. The average molecular weight is 386 g/mol. The van der Waals surface area contributed by atoms with Crippen LogP contribution in [0.15, 0.2) is 71.8 Å². The maximum Gasteiger partial charge on any atom is 0.289 e. The van der Waals surface area contributed by atoms with Crippen molar-refractivity contribution >= 4 is 22.9 Å². The lowest BCUT2D eigenvalue weighted by molar-refractivity contribution is 0.0950. The Balaban J connectivity index is 1.49. The summed E-state index contributed by atoms with van der Waals surface area (Å²) in [4.78, 5) is 12.3. The zero-order chi connectivity index (χ0) is 20.2. The highest BCUT2D eigenvalue weighted by molar-refractivity contribution is 6.03. The number of aromatic amines is 1. The molecule has 0 radical (unpaired) electrons. The van der Waals surface area contributed by atoms with Gasteiger partial charge in [-0.1, -0.05) is 30.3 Å². The lowest BCUT2D eigenvalue weighted by atomic mass is 10.0. The Labute approximate surface area is 166 Å². The number of benzene rings is 3. The van der Waals surface area contributed by atoms with Crippen LogP contribution >= 0.6 is 0 Å². The third kappa shape index (κ3) is 3.79. The lowest BCUT2D eigenvalue weighted by Gasteiger charge is -2.04. The van der Waals surface area contributed by atoms with Gasteiger partial charge in [-0.2, -0.15) is 10.2 Å². The molecule has 3 aromatic carbocycles. The molecule has 0 atom stereocenters. The van der Waals surface area contributed by atoms with Gasteiger partial charge >= 0.3 is 0 Å². The fraction of sp³-hybridized carbons (Fsp3) is 0.0455. The summed E-state index contributed by atoms with van der Waals surface area (Å²) in [5.41, 5.74) is 4.74. The molecule has 3 N–H and O–H groups in total. The predicted molar refractivity (Wildman–Crippen MR) is 111 cm³/mol. The Morgan fingerprint density at radius 3 is 2.72 bits per heavy atom. The maximum atomic E-state index is 12.3. The molecule has 1 amide bonds. The minimum atomic E-state index is -0.437. The Bertz CT molecular complexity index is 1200. The molecule has 0 unspecified atom stereocenters. The summed E-state index contributed by atoms with van der Waals surface area (Å²) in [6, 6.07) is 20.1. The van der Waals surface area contributed by atoms with Gasteiger partial charge in [0, 0.05) is 11.1 Å². The number of carbonyl (C=O) groups is 1. The van der Waals surface area contributed by atoms with Gasteiger partial charge in [-0.15, -0.1) is 0 Å². The molecule has 0 fully saturated rings. The number of hydrogen-bond acceptors (Lipinski definition) is 5. The lowest BCUT2D eigenvalue weighted by Crippen LogP contribution is -2.18. The number of ether oxygens (including phenoxy) is 1. The summed E-state index contributed by atoms with van der Waals surface area (Å²) in [6.07, 6.45) is 1.43. The minimum Gasteiger partial charge on any atom is -0.507 e. The first-order valence-corrected chi connectivity index (χ1v) is 8.89. The molecule has 1 aromatic heterocycles. The molecule has 4 aromatic rings. The SMILES string of the molecule is COc1ccc(-c2cc(C(=O)NN=Cc3c(O)ccc4ccccc34)[nH]n2)cc1. The van der Waals surface area contributed by atoms with E-state index < -0.39 is 5.91 Å². The van der Waals surface area contributed by atoms with Crippen molar-refractivity contribution in [1.82, 2.24) is 15.6 Å². The van der Waals surface area contributed by atoms with Crippen LogP contribution in [0, 0.1) is 0 Å². The van der Waals surface area contributed by atoms with Crippen molar-refractivity contribution in [2.24, 2.45) is 5.10 Å². The van der Waals surface area contributed by atoms with Gasteiger partial charge in [0.2, 0.25) is 0 Å². The molecule has 0 bridgehead atoms. The van der Waals surface area contributed by atoms with Crippen molar-refractivity contribution in [3.05, 3.63) is 78.0 Å². The summed E-state index contributed by atoms with van der Waals surface area (Å²) >= 11 is 0. The molecule has 0 aliphatic heterocycles. The molecule has 0 aliphatic carbocycles. The molecule has 0 aliphatic rings. The summed E-state index contributed by atoms with van der Waals surface area (Å²) in [7, 11) is 1.60. The van der Waals surface area contributed by atoms with E-state index in [0.29, 0.717) is 11.3 Å². The number of hydrazone groups is 1. The number of carbonyl (C=O) groups excluding carboxylic acids is 1. The van der Waals surface area contributed by atoms with E-state index in [9.17, 15) is 9.90 Å². The van der Waals surface area contributed by atoms with Gasteiger partial charge < -0.3 is 9.84 Å². The summed E-state index contributed by atoms with van der Waals surface area (Å²) in [6.45, 7) is 0. The molecule has 29 heavy (non-hydrogen) atoms. The van der Waals surface area contributed by atoms with Gasteiger partial charge in [-0.3, -0.25) is 9.89 Å². The van der Waals surface area contributed by atoms with Gasteiger partial charge in [0.25, 0.3) is 5.91 Å². The first-order chi connectivity index (χ1) is 14.2. The highest BCUT2D eigenvalue weighted by Gasteiger charge is 2.11. The van der Waals surface area contributed by atoms with E-state index in [4.69, 9.17) is 4.74 Å². The molecular weight excluding hydrogens is 368 g/mol. The van der Waals surface area contributed by atoms with E-state index >= 15 is 0 Å². The number of aromatic hydroxyl groups is 1. The van der Waals surface area contributed by atoms with Crippen molar-refractivity contribution in [2.45, 2.75) is 0 Å². The number of phenolic OH excluding ortho intramolecular Hbond substituents is 1. The van der Waals surface area contributed by atoms with E-state index in [1.165, 1.54) is 6.21 Å². The third-order valence-electron chi connectivity index (χ3n) is 4.52. The van der Waals surface area contributed by atoms with E-state index in [-0.39, 0.29) is 11.4 Å². The monoisotopic (exact) mass is 386 g/mol. The van der Waals surface area contributed by atoms with Crippen molar-refractivity contribution in [3.8, 4) is 22.8 Å². The molecule has 1 heterocycles. The Hall–Kier alpha value is -4.13. The molecule has 7 nitrogen and oxygen atoms in total. The fourth-order valence-corrected chi connectivity index (χ4v) is 2.98. The van der Waals surface area contributed by atoms with Crippen LogP contribution in [-0.4, -0.2) is 34.5 Å². The van der Waals surface area contributed by atoms with Crippen molar-refractivity contribution in [3.63, 3.8) is 0 Å². The van der Waals surface area contributed by atoms with Gasteiger partial charge in [-0.25, -0.2) is 5.43 Å². The van der Waals surface area contributed by atoms with Crippen molar-refractivity contribution in [2.75, 3.05) is 7.11 Å². The van der Waals surface area contributed by atoms with Crippen LogP contribution in [0.2, 0.25) is 0 Å². The van der Waals surface area contributed by atoms with Crippen LogP contribution in [0.4, 0.5) is 0 Å². The van der Waals surface area contributed by atoms with Crippen LogP contribution in [0.5, 0.6) is 11.5 Å². The zero-order valence-electron chi connectivity index (χ0n) is 15.6. The van der Waals surface area contributed by atoms with Crippen LogP contribution in [0.3, 0.4) is 0 Å². The molecule has 0 saturated carbocycles. The number of H-pyrrole nitrogens is 1. The van der Waals surface area contributed by atoms with Gasteiger partial charge in [0.05, 0.1) is 19.0 Å². The first kappa shape index (κ1) is 18.2. The number of aromatic nitrogens is 2. The molecular formula is C22H18N4O3. The largest absolute Gasteiger partial charge is 0.507 e. The zero-order valence-corrected chi connectivity index (χ0v) is 15.6. The van der Waals surface area contributed by atoms with Crippen molar-refractivity contribution in [1.29, 1.82) is 0 Å². The van der Waals surface area contributed by atoms with Gasteiger partial charge in [0.1, 0.15) is 17.2 Å². The first-order valence-electron chi connectivity index (χ1n) is 8.89. The maximum absolute atomic E-state index is 12.3. The number of methoxy groups -OCH3 is 1. The minimum absolute atomic E-state index is 0.0880. The van der Waals surface area contributed by atoms with Crippen molar-refractivity contribution < 1.29 is 14.6 Å². The van der Waals surface area contributed by atoms with E-state index in [1.54, 1.807) is 19.2 Å². The molecule has 0 spiro atoms. The smallest absolute Gasteiger partial charge is 0.289 e. The van der Waals surface area contributed by atoms with Crippen LogP contribution < -0.4 is 10.2 Å². The fourth-order valence-electron chi connectivity index (χ4n) is 2.98. The second kappa shape index (κ2) is 7.85. The Kier molecular flexibility index (Phi) is 4.94. The number of amides is 1. The standard InChI is InChI=1S/C22H18N4O3/c1-29-16-9-6-15(7-10-16)19-12-20(25-24-19)22(28)26-23-13-18-17-5-3-2-4-14(17)8-11-21(18)27/h2-13,27H,1H3,(H,24,25)(H,26,28). The summed E-state index contributed by atoms with van der Waals surface area (Å²) in [5, 5.41) is 22.8. The Morgan fingerprint density at radius 2 is 1.93 bits per heavy atom. The highest BCUT2D eigenvalue weighted by Crippen LogP contribution is 2.25. The van der Waals surface area contributed by atoms with E-state index in [0.717, 1.165) is 22.1 Å². The molecule has 0 saturated heterocycles. The number of rotatable bonds is 5. The van der Waals surface area contributed by atoms with E-state index in [1.807, 2.05) is 54.6 Å². The molecule has 144 valence electrons. The molecule has 7 heteroatoms. The second-order valence-corrected chi connectivity index (χ2v) is 6.31. The Morgan fingerprint density at radius 1 is 1.14 bits per heavy atom. The normalized spacial score (nSPS) is 11.1. The number of nitrogens with zero attached hydrogens (tertiary/aromatic N) is 2. The second-order valence-electron chi connectivity index (χ2n) is 6.31. The summed E-state index contributed by atoms with van der Waals surface area (Å²) in [5.74, 6) is 0.395. The number of phenols is 1. The van der Waals surface area contributed by atoms with Gasteiger partial charge in [0.15, 0.2) is 0 Å². The predicted octanol–water partition coefficient (Wildman–Crippen LogP) is 3.71. The van der Waals surface area contributed by atoms with Crippen LogP contribution in [-0.2, 0) is 0 Å². The quantitative estimate of drug-likeness (QED) is 0.360. The molecule has 4 rings (SSSR count). The topological polar surface area (TPSA) is 99.6 Å². The number of hydrogen-bond donors (Lipinski definition) is 3. The van der Waals surface area contributed by atoms with Crippen LogP contribution in [0.1, 0.15) is 16.1 Å². The number of nitrogens with one attached hydrogen (secondary N) is 2. The van der Waals surface area contributed by atoms with Gasteiger partial charge in [-0.05, 0) is 47.2 Å². The van der Waals surface area contributed by atoms with Crippen LogP contribution in [0.25, 0.3) is 22.0 Å².